The van der Waals surface area contributed by atoms with E-state index in [2.05, 4.69) is 27.7 Å². The molecule has 0 aromatic heterocycles. The van der Waals surface area contributed by atoms with Crippen molar-refractivity contribution in [3.8, 4) is 11.5 Å². The van der Waals surface area contributed by atoms with Gasteiger partial charge in [0.15, 0.2) is 0 Å². The van der Waals surface area contributed by atoms with Gasteiger partial charge in [0.1, 0.15) is 11.5 Å². The normalized spacial score (nSPS) is 9.81. The van der Waals surface area contributed by atoms with Gasteiger partial charge in [-0.15, -0.1) is 0 Å². The van der Waals surface area contributed by atoms with Gasteiger partial charge in [0, 0.05) is 26.2 Å². The van der Waals surface area contributed by atoms with Crippen molar-refractivity contribution in [3.05, 3.63) is 59.7 Å². The van der Waals surface area contributed by atoms with Crippen molar-refractivity contribution in [1.29, 1.82) is 0 Å². The topological polar surface area (TPSA) is 40.5 Å². The predicted octanol–water partition coefficient (Wildman–Crippen LogP) is 5.03. The van der Waals surface area contributed by atoms with Crippen LogP contribution in [-0.2, 0) is 26.2 Å². The zero-order chi connectivity index (χ0) is 15.1. The molecule has 3 heteroatoms. The standard InChI is InChI=1S/2C9H12O.Zr/c2*1-7(2)8-4-3-5-9(10)6-8;/h2*3-7,10H,1-2H3;. The average molecular weight is 364 g/mol. The summed E-state index contributed by atoms with van der Waals surface area (Å²) < 4.78 is 0. The predicted molar refractivity (Wildman–Crippen MR) is 84.4 cm³/mol. The zero-order valence-corrected chi connectivity index (χ0v) is 15.6. The van der Waals surface area contributed by atoms with Crippen LogP contribution in [0.4, 0.5) is 0 Å². The number of aromatic hydroxyl groups is 2. The maximum absolute atomic E-state index is 9.06. The van der Waals surface area contributed by atoms with E-state index >= 15 is 0 Å². The minimum Gasteiger partial charge on any atom is -0.508 e. The molecule has 0 amide bonds. The van der Waals surface area contributed by atoms with E-state index in [1.807, 2.05) is 24.3 Å². The molecule has 2 rings (SSSR count). The number of benzene rings is 2. The minimum absolute atomic E-state index is 0. The molecular formula is C18H24O2Zr. The Morgan fingerprint density at radius 2 is 1.00 bits per heavy atom. The Hall–Kier alpha value is -1.08. The second-order valence-corrected chi connectivity index (χ2v) is 5.50. The van der Waals surface area contributed by atoms with Crippen molar-refractivity contribution in [2.45, 2.75) is 39.5 Å². The summed E-state index contributed by atoms with van der Waals surface area (Å²) in [6.45, 7) is 8.42. The Morgan fingerprint density at radius 3 is 1.19 bits per heavy atom. The van der Waals surface area contributed by atoms with Crippen molar-refractivity contribution in [2.24, 2.45) is 0 Å². The first-order valence-electron chi connectivity index (χ1n) is 6.98. The van der Waals surface area contributed by atoms with Gasteiger partial charge in [-0.2, -0.15) is 0 Å². The molecule has 0 saturated carbocycles. The van der Waals surface area contributed by atoms with Crippen LogP contribution in [0.5, 0.6) is 11.5 Å². The van der Waals surface area contributed by atoms with E-state index in [1.165, 1.54) is 11.1 Å². The molecule has 0 heterocycles. The average Bonchev–Trinajstić information content (AvgIpc) is 2.39. The molecule has 0 bridgehead atoms. The SMILES string of the molecule is CC(C)c1cccc(O)c1.CC(C)c1cccc(O)c1.[Zr]. The summed E-state index contributed by atoms with van der Waals surface area (Å²) in [6.07, 6.45) is 0. The quantitative estimate of drug-likeness (QED) is 0.786. The Bertz CT molecular complexity index is 487. The van der Waals surface area contributed by atoms with Gasteiger partial charge in [0.2, 0.25) is 0 Å². The first-order valence-corrected chi connectivity index (χ1v) is 6.98. The summed E-state index contributed by atoms with van der Waals surface area (Å²) in [7, 11) is 0. The van der Waals surface area contributed by atoms with E-state index in [0.717, 1.165) is 0 Å². The van der Waals surface area contributed by atoms with E-state index in [4.69, 9.17) is 10.2 Å². The molecular weight excluding hydrogens is 339 g/mol. The number of phenolic OH excluding ortho intramolecular Hbond substituents is 2. The third-order valence-electron chi connectivity index (χ3n) is 3.07. The van der Waals surface area contributed by atoms with E-state index in [1.54, 1.807) is 24.3 Å². The first kappa shape index (κ1) is 19.9. The summed E-state index contributed by atoms with van der Waals surface area (Å²) in [6, 6.07) is 14.7. The Labute approximate surface area is 147 Å². The largest absolute Gasteiger partial charge is 0.508 e. The molecule has 2 N–H and O–H groups in total. The van der Waals surface area contributed by atoms with Crippen LogP contribution < -0.4 is 0 Å². The fraction of sp³-hybridized carbons (Fsp3) is 0.333. The molecule has 2 aromatic rings. The van der Waals surface area contributed by atoms with Crippen molar-refractivity contribution in [2.75, 3.05) is 0 Å². The van der Waals surface area contributed by atoms with Crippen LogP contribution >= 0.6 is 0 Å². The van der Waals surface area contributed by atoms with E-state index in [-0.39, 0.29) is 26.2 Å². The summed E-state index contributed by atoms with van der Waals surface area (Å²) in [5.41, 5.74) is 2.36. The van der Waals surface area contributed by atoms with Crippen LogP contribution in [0, 0.1) is 0 Å². The molecule has 0 saturated heterocycles. The molecule has 0 spiro atoms. The number of rotatable bonds is 2. The van der Waals surface area contributed by atoms with Crippen molar-refractivity contribution in [3.63, 3.8) is 0 Å². The maximum atomic E-state index is 9.06. The second-order valence-electron chi connectivity index (χ2n) is 5.50. The Balaban J connectivity index is 0.000000364. The molecule has 0 atom stereocenters. The molecule has 2 aromatic carbocycles. The van der Waals surface area contributed by atoms with Crippen LogP contribution in [0.3, 0.4) is 0 Å². The van der Waals surface area contributed by atoms with Crippen molar-refractivity contribution >= 4 is 0 Å². The van der Waals surface area contributed by atoms with Gasteiger partial charge in [-0.05, 0) is 47.2 Å². The van der Waals surface area contributed by atoms with Gasteiger partial charge in [-0.3, -0.25) is 0 Å². The summed E-state index contributed by atoms with van der Waals surface area (Å²) in [4.78, 5) is 0. The van der Waals surface area contributed by atoms with Gasteiger partial charge in [-0.25, -0.2) is 0 Å². The Kier molecular flexibility index (Phi) is 9.28. The molecule has 0 aliphatic heterocycles. The van der Waals surface area contributed by atoms with Gasteiger partial charge in [0.05, 0.1) is 0 Å². The third-order valence-corrected chi connectivity index (χ3v) is 3.07. The van der Waals surface area contributed by atoms with E-state index in [9.17, 15) is 0 Å². The fourth-order valence-electron chi connectivity index (χ4n) is 1.77. The van der Waals surface area contributed by atoms with E-state index in [0.29, 0.717) is 23.3 Å². The molecule has 0 radical (unpaired) electrons. The van der Waals surface area contributed by atoms with Gasteiger partial charge in [0.25, 0.3) is 0 Å². The van der Waals surface area contributed by atoms with Gasteiger partial charge in [-0.1, -0.05) is 52.0 Å². The van der Waals surface area contributed by atoms with Crippen LogP contribution in [0.2, 0.25) is 0 Å². The smallest absolute Gasteiger partial charge is 0.115 e. The van der Waals surface area contributed by atoms with Gasteiger partial charge >= 0.3 is 0 Å². The van der Waals surface area contributed by atoms with E-state index < -0.39 is 0 Å². The number of hydrogen-bond donors (Lipinski definition) is 2. The summed E-state index contributed by atoms with van der Waals surface area (Å²) in [5.74, 6) is 1.69. The van der Waals surface area contributed by atoms with Crippen LogP contribution in [0.1, 0.15) is 50.7 Å². The Morgan fingerprint density at radius 1 is 0.667 bits per heavy atom. The summed E-state index contributed by atoms with van der Waals surface area (Å²) in [5, 5.41) is 18.1. The minimum atomic E-state index is 0. The molecule has 2 nitrogen and oxygen atoms in total. The van der Waals surface area contributed by atoms with Crippen LogP contribution in [-0.4, -0.2) is 10.2 Å². The molecule has 21 heavy (non-hydrogen) atoms. The molecule has 0 fully saturated rings. The first-order chi connectivity index (χ1) is 9.40. The maximum Gasteiger partial charge on any atom is 0.115 e. The van der Waals surface area contributed by atoms with Crippen LogP contribution in [0.25, 0.3) is 0 Å². The molecule has 112 valence electrons. The summed E-state index contributed by atoms with van der Waals surface area (Å²) >= 11 is 0. The zero-order valence-electron chi connectivity index (χ0n) is 13.2. The van der Waals surface area contributed by atoms with Crippen molar-refractivity contribution in [1.82, 2.24) is 0 Å². The number of hydrogen-bond acceptors (Lipinski definition) is 2. The van der Waals surface area contributed by atoms with Crippen LogP contribution in [0.15, 0.2) is 48.5 Å². The fourth-order valence-corrected chi connectivity index (χ4v) is 1.77. The second kappa shape index (κ2) is 9.79. The monoisotopic (exact) mass is 362 g/mol. The number of phenols is 2. The van der Waals surface area contributed by atoms with Crippen molar-refractivity contribution < 1.29 is 36.4 Å². The molecule has 0 unspecified atom stereocenters. The molecule has 0 aliphatic rings. The third kappa shape index (κ3) is 7.48. The molecule has 0 aliphatic carbocycles. The van der Waals surface area contributed by atoms with Gasteiger partial charge < -0.3 is 10.2 Å².